The molecule has 3 aliphatic heterocycles. The zero-order valence-corrected chi connectivity index (χ0v) is 14.0. The Labute approximate surface area is 138 Å². The monoisotopic (exact) mass is 316 g/mol. The van der Waals surface area contributed by atoms with Crippen LogP contribution < -0.4 is 0 Å². The molecule has 5 nitrogen and oxygen atoms in total. The molecule has 4 heterocycles. The summed E-state index contributed by atoms with van der Waals surface area (Å²) in [6, 6.07) is 0.750. The lowest BCUT2D eigenvalue weighted by Gasteiger charge is -2.40. The molecule has 2 aliphatic carbocycles. The summed E-state index contributed by atoms with van der Waals surface area (Å²) < 4.78 is 5.88. The molecule has 0 unspecified atom stereocenters. The second-order valence-corrected chi connectivity index (χ2v) is 8.35. The van der Waals surface area contributed by atoms with Crippen LogP contribution >= 0.6 is 0 Å². The molecule has 5 fully saturated rings. The largest absolute Gasteiger partial charge is 0.424 e. The van der Waals surface area contributed by atoms with Crippen molar-refractivity contribution in [3.8, 4) is 0 Å². The van der Waals surface area contributed by atoms with Crippen molar-refractivity contribution in [1.82, 2.24) is 20.0 Å². The first kappa shape index (κ1) is 14.4. The van der Waals surface area contributed by atoms with E-state index in [1.54, 1.807) is 0 Å². The summed E-state index contributed by atoms with van der Waals surface area (Å²) in [4.78, 5) is 5.38. The molecule has 126 valence electrons. The predicted molar refractivity (Wildman–Crippen MR) is 87.0 cm³/mol. The van der Waals surface area contributed by atoms with Crippen molar-refractivity contribution in [2.45, 2.75) is 63.5 Å². The third kappa shape index (κ3) is 3.05. The van der Waals surface area contributed by atoms with Crippen LogP contribution in [0, 0.1) is 11.8 Å². The predicted octanol–water partition coefficient (Wildman–Crippen LogP) is 2.64. The van der Waals surface area contributed by atoms with E-state index in [9.17, 15) is 0 Å². The fourth-order valence-corrected chi connectivity index (χ4v) is 4.65. The van der Waals surface area contributed by atoms with Crippen molar-refractivity contribution in [3.63, 3.8) is 0 Å². The van der Waals surface area contributed by atoms with Gasteiger partial charge in [-0.15, -0.1) is 10.2 Å². The van der Waals surface area contributed by atoms with Crippen LogP contribution in [-0.4, -0.2) is 52.2 Å². The van der Waals surface area contributed by atoms with Crippen LogP contribution in [0.25, 0.3) is 0 Å². The van der Waals surface area contributed by atoms with E-state index in [4.69, 9.17) is 4.42 Å². The molecule has 0 N–H and O–H groups in total. The van der Waals surface area contributed by atoms with E-state index in [1.807, 2.05) is 0 Å². The highest BCUT2D eigenvalue weighted by molar-refractivity contribution is 5.00. The van der Waals surface area contributed by atoms with Crippen LogP contribution in [0.5, 0.6) is 0 Å². The molecule has 3 saturated heterocycles. The van der Waals surface area contributed by atoms with Crippen molar-refractivity contribution in [1.29, 1.82) is 0 Å². The fraction of sp³-hybridized carbons (Fsp3) is 0.889. The Kier molecular flexibility index (Phi) is 3.66. The average molecular weight is 316 g/mol. The van der Waals surface area contributed by atoms with E-state index in [0.717, 1.165) is 36.2 Å². The minimum absolute atomic E-state index is 0.564. The van der Waals surface area contributed by atoms with Crippen LogP contribution in [0.1, 0.15) is 62.6 Å². The van der Waals surface area contributed by atoms with Crippen LogP contribution in [0.15, 0.2) is 4.42 Å². The van der Waals surface area contributed by atoms with Crippen LogP contribution in [0.3, 0.4) is 0 Å². The zero-order valence-electron chi connectivity index (χ0n) is 14.0. The van der Waals surface area contributed by atoms with Gasteiger partial charge >= 0.3 is 0 Å². The Morgan fingerprint density at radius 1 is 0.957 bits per heavy atom. The van der Waals surface area contributed by atoms with Crippen LogP contribution in [0.2, 0.25) is 0 Å². The molecule has 6 rings (SSSR count). The summed E-state index contributed by atoms with van der Waals surface area (Å²) in [7, 11) is 0. The minimum atomic E-state index is 0.564. The van der Waals surface area contributed by atoms with Crippen LogP contribution in [0.4, 0.5) is 0 Å². The molecule has 0 radical (unpaired) electrons. The van der Waals surface area contributed by atoms with Gasteiger partial charge in [0.15, 0.2) is 0 Å². The Morgan fingerprint density at radius 2 is 1.87 bits per heavy atom. The first-order chi connectivity index (χ1) is 11.3. The van der Waals surface area contributed by atoms with Gasteiger partial charge in [-0.25, -0.2) is 0 Å². The van der Waals surface area contributed by atoms with Gasteiger partial charge in [-0.3, -0.25) is 9.80 Å². The molecule has 5 aliphatic rings. The quantitative estimate of drug-likeness (QED) is 0.835. The van der Waals surface area contributed by atoms with Gasteiger partial charge < -0.3 is 4.42 Å². The lowest BCUT2D eigenvalue weighted by atomic mass is 9.83. The number of piperidine rings is 1. The summed E-state index contributed by atoms with van der Waals surface area (Å²) in [5, 5.41) is 8.53. The third-order valence-electron chi connectivity index (χ3n) is 6.39. The van der Waals surface area contributed by atoms with Gasteiger partial charge in [0.25, 0.3) is 0 Å². The summed E-state index contributed by atoms with van der Waals surface area (Å²) in [6.45, 7) is 5.91. The maximum absolute atomic E-state index is 5.88. The molecule has 0 amide bonds. The van der Waals surface area contributed by atoms with Gasteiger partial charge in [-0.05, 0) is 50.4 Å². The highest BCUT2D eigenvalue weighted by atomic mass is 16.4. The van der Waals surface area contributed by atoms with Gasteiger partial charge in [-0.2, -0.15) is 0 Å². The Balaban J connectivity index is 1.23. The number of rotatable bonds is 5. The van der Waals surface area contributed by atoms with Gasteiger partial charge in [0.1, 0.15) is 0 Å². The number of hydrogen-bond acceptors (Lipinski definition) is 5. The molecule has 23 heavy (non-hydrogen) atoms. The summed E-state index contributed by atoms with van der Waals surface area (Å²) in [5.41, 5.74) is 0. The molecule has 2 saturated carbocycles. The standard InChI is InChI=1S/C18H28N4O/c1-2-13(3-1)9-22-10-14-4-7-16(22)11-21(8-14)12-17-19-20-18(23-17)15-5-6-15/h13-16H,1-12H2/t14-,16+/m1/s1. The lowest BCUT2D eigenvalue weighted by Crippen LogP contribution is -2.46. The van der Waals surface area contributed by atoms with Gasteiger partial charge in [-0.1, -0.05) is 6.42 Å². The molecule has 0 spiro atoms. The average Bonchev–Trinajstić information content (AvgIpc) is 3.29. The second kappa shape index (κ2) is 5.85. The number of hydrogen-bond donors (Lipinski definition) is 0. The highest BCUT2D eigenvalue weighted by Crippen LogP contribution is 2.39. The molecule has 0 aromatic carbocycles. The summed E-state index contributed by atoms with van der Waals surface area (Å²) >= 11 is 0. The molecule has 2 atom stereocenters. The fourth-order valence-electron chi connectivity index (χ4n) is 4.65. The Hall–Kier alpha value is -0.940. The van der Waals surface area contributed by atoms with E-state index >= 15 is 0 Å². The number of fused-ring (bicyclic) bond motifs is 4. The van der Waals surface area contributed by atoms with Crippen molar-refractivity contribution in [3.05, 3.63) is 11.8 Å². The molecular weight excluding hydrogens is 288 g/mol. The number of nitrogens with zero attached hydrogens (tertiary/aromatic N) is 4. The molecule has 1 aromatic rings. The Morgan fingerprint density at radius 3 is 2.65 bits per heavy atom. The zero-order chi connectivity index (χ0) is 15.2. The van der Waals surface area contributed by atoms with Gasteiger partial charge in [0.05, 0.1) is 6.54 Å². The SMILES string of the molecule is C1CC(CN2C[C@@H]3CC[C@H]2CN(Cc2nnc(C4CC4)o2)C3)C1. The van der Waals surface area contributed by atoms with E-state index < -0.39 is 0 Å². The molecular formula is C18H28N4O. The first-order valence-electron chi connectivity index (χ1n) is 9.62. The minimum Gasteiger partial charge on any atom is -0.424 e. The van der Waals surface area contributed by atoms with Gasteiger partial charge in [0.2, 0.25) is 11.8 Å². The maximum atomic E-state index is 5.88. The van der Waals surface area contributed by atoms with E-state index in [2.05, 4.69) is 20.0 Å². The molecule has 2 bridgehead atoms. The second-order valence-electron chi connectivity index (χ2n) is 8.35. The molecule has 1 aromatic heterocycles. The van der Waals surface area contributed by atoms with Gasteiger partial charge in [0, 0.05) is 38.1 Å². The summed E-state index contributed by atoms with van der Waals surface area (Å²) in [6.07, 6.45) is 9.62. The van der Waals surface area contributed by atoms with Crippen molar-refractivity contribution in [2.75, 3.05) is 26.2 Å². The Bertz CT molecular complexity index is 551. The third-order valence-corrected chi connectivity index (χ3v) is 6.39. The smallest absolute Gasteiger partial charge is 0.230 e. The normalized spacial score (nSPS) is 32.9. The summed E-state index contributed by atoms with van der Waals surface area (Å²) in [5.74, 6) is 4.09. The highest BCUT2D eigenvalue weighted by Gasteiger charge is 2.37. The van der Waals surface area contributed by atoms with Crippen LogP contribution in [-0.2, 0) is 6.54 Å². The maximum Gasteiger partial charge on any atom is 0.230 e. The first-order valence-corrected chi connectivity index (χ1v) is 9.62. The van der Waals surface area contributed by atoms with E-state index in [1.165, 1.54) is 71.1 Å². The van der Waals surface area contributed by atoms with Crippen molar-refractivity contribution in [2.24, 2.45) is 11.8 Å². The van der Waals surface area contributed by atoms with E-state index in [0.29, 0.717) is 5.92 Å². The topological polar surface area (TPSA) is 45.4 Å². The van der Waals surface area contributed by atoms with Crippen molar-refractivity contribution < 1.29 is 4.42 Å². The van der Waals surface area contributed by atoms with E-state index in [-0.39, 0.29) is 0 Å². The van der Waals surface area contributed by atoms with Crippen molar-refractivity contribution >= 4 is 0 Å². The molecule has 5 heteroatoms. The number of aromatic nitrogens is 2. The lowest BCUT2D eigenvalue weighted by molar-refractivity contribution is 0.0888.